The highest BCUT2D eigenvalue weighted by Crippen LogP contribution is 2.25. The third-order valence-corrected chi connectivity index (χ3v) is 5.56. The summed E-state index contributed by atoms with van der Waals surface area (Å²) in [5, 5.41) is 0. The van der Waals surface area contributed by atoms with E-state index < -0.39 is 5.60 Å². The molecule has 1 aromatic heterocycles. The fourth-order valence-corrected chi connectivity index (χ4v) is 3.94. The van der Waals surface area contributed by atoms with Gasteiger partial charge in [-0.3, -0.25) is 4.57 Å². The average Bonchev–Trinajstić information content (AvgIpc) is 3.09. The third-order valence-electron chi connectivity index (χ3n) is 5.56. The van der Waals surface area contributed by atoms with Crippen molar-refractivity contribution in [1.29, 1.82) is 0 Å². The lowest BCUT2D eigenvalue weighted by molar-refractivity contribution is 0.0162. The molecule has 3 aromatic rings. The van der Waals surface area contributed by atoms with Crippen LogP contribution in [0.25, 0.3) is 11.0 Å². The predicted octanol–water partition coefficient (Wildman–Crippen LogP) is 5.25. The molecule has 1 fully saturated rings. The van der Waals surface area contributed by atoms with Gasteiger partial charge in [0.05, 0.1) is 24.2 Å². The van der Waals surface area contributed by atoms with Gasteiger partial charge in [0.25, 0.3) is 6.01 Å². The highest BCUT2D eigenvalue weighted by Gasteiger charge is 2.27. The van der Waals surface area contributed by atoms with Gasteiger partial charge in [0.1, 0.15) is 11.4 Å². The number of fused-ring (bicyclic) bond motifs is 1. The second kappa shape index (κ2) is 9.18. The van der Waals surface area contributed by atoms with Crippen molar-refractivity contribution >= 4 is 17.1 Å². The Morgan fingerprint density at radius 1 is 1.12 bits per heavy atom. The van der Waals surface area contributed by atoms with Gasteiger partial charge in [-0.25, -0.2) is 9.18 Å². The minimum absolute atomic E-state index is 0.256. The monoisotopic (exact) mass is 439 g/mol. The molecule has 6 nitrogen and oxygen atoms in total. The number of nitrogens with zero attached hydrogens (tertiary/aromatic N) is 3. The Morgan fingerprint density at radius 3 is 2.59 bits per heavy atom. The molecule has 170 valence electrons. The number of carbonyl (C=O) groups excluding carboxylic acids is 1. The largest absolute Gasteiger partial charge is 0.464 e. The number of likely N-dealkylation sites (tertiary alicyclic amines) is 1. The topological polar surface area (TPSA) is 56.6 Å². The van der Waals surface area contributed by atoms with Crippen molar-refractivity contribution in [3.05, 3.63) is 59.9 Å². The molecular weight excluding hydrogens is 409 g/mol. The smallest absolute Gasteiger partial charge is 0.410 e. The molecule has 7 heteroatoms. The van der Waals surface area contributed by atoms with Crippen LogP contribution in [0.3, 0.4) is 0 Å². The number of para-hydroxylation sites is 2. The molecule has 4 rings (SSSR count). The van der Waals surface area contributed by atoms with E-state index in [9.17, 15) is 9.18 Å². The highest BCUT2D eigenvalue weighted by atomic mass is 19.1. The second-order valence-corrected chi connectivity index (χ2v) is 9.32. The van der Waals surface area contributed by atoms with Crippen molar-refractivity contribution in [3.8, 4) is 6.01 Å². The molecule has 1 aliphatic rings. The number of piperidine rings is 1. The number of ether oxygens (including phenoxy) is 2. The Balaban J connectivity index is 1.41. The quantitative estimate of drug-likeness (QED) is 0.545. The summed E-state index contributed by atoms with van der Waals surface area (Å²) >= 11 is 0. The van der Waals surface area contributed by atoms with Gasteiger partial charge < -0.3 is 14.4 Å². The van der Waals surface area contributed by atoms with E-state index in [-0.39, 0.29) is 11.9 Å². The zero-order valence-electron chi connectivity index (χ0n) is 18.9. The lowest BCUT2D eigenvalue weighted by Crippen LogP contribution is -2.42. The number of carbonyl (C=O) groups is 1. The van der Waals surface area contributed by atoms with E-state index in [0.717, 1.165) is 29.4 Å². The molecular formula is C25H30FN3O3. The van der Waals surface area contributed by atoms with Crippen molar-refractivity contribution in [2.75, 3.05) is 19.7 Å². The van der Waals surface area contributed by atoms with Crippen LogP contribution in [0.4, 0.5) is 9.18 Å². The summed E-state index contributed by atoms with van der Waals surface area (Å²) in [5.74, 6) is 0.0715. The van der Waals surface area contributed by atoms with Crippen LogP contribution in [-0.4, -0.2) is 45.8 Å². The summed E-state index contributed by atoms with van der Waals surface area (Å²) in [4.78, 5) is 18.7. The SMILES string of the molecule is CC(C)(C)OC(=O)N1CCC(COc2nc3ccccc3n2Cc2cccc(F)c2)CC1. The number of benzene rings is 2. The zero-order valence-corrected chi connectivity index (χ0v) is 18.9. The molecule has 1 aliphatic heterocycles. The van der Waals surface area contributed by atoms with Crippen LogP contribution in [0.1, 0.15) is 39.2 Å². The first-order valence-corrected chi connectivity index (χ1v) is 11.1. The van der Waals surface area contributed by atoms with Crippen LogP contribution in [0.15, 0.2) is 48.5 Å². The number of amides is 1. The molecule has 0 atom stereocenters. The standard InChI is InChI=1S/C25H30FN3O3/c1-25(2,3)32-24(30)28-13-11-18(12-14-28)17-31-23-27-21-9-4-5-10-22(21)29(23)16-19-7-6-8-20(26)15-19/h4-10,15,18H,11-14,16-17H2,1-3H3. The number of hydrogen-bond donors (Lipinski definition) is 0. The summed E-state index contributed by atoms with van der Waals surface area (Å²) in [5.41, 5.74) is 2.16. The Labute approximate surface area is 187 Å². The number of aromatic nitrogens is 2. The van der Waals surface area contributed by atoms with Crippen LogP contribution < -0.4 is 4.74 Å². The molecule has 0 bridgehead atoms. The fraction of sp³-hybridized carbons (Fsp3) is 0.440. The van der Waals surface area contributed by atoms with Gasteiger partial charge in [-0.1, -0.05) is 24.3 Å². The fourth-order valence-electron chi connectivity index (χ4n) is 3.94. The maximum atomic E-state index is 13.7. The van der Waals surface area contributed by atoms with Crippen molar-refractivity contribution < 1.29 is 18.7 Å². The normalized spacial score (nSPS) is 15.2. The minimum Gasteiger partial charge on any atom is -0.464 e. The third kappa shape index (κ3) is 5.39. The van der Waals surface area contributed by atoms with Crippen LogP contribution in [0, 0.1) is 11.7 Å². The molecule has 2 heterocycles. The summed E-state index contributed by atoms with van der Waals surface area (Å²) in [6.45, 7) is 7.94. The summed E-state index contributed by atoms with van der Waals surface area (Å²) in [6, 6.07) is 15.0. The molecule has 32 heavy (non-hydrogen) atoms. The Kier molecular flexibility index (Phi) is 6.35. The van der Waals surface area contributed by atoms with Gasteiger partial charge in [-0.15, -0.1) is 0 Å². The van der Waals surface area contributed by atoms with E-state index in [1.807, 2.05) is 55.7 Å². The molecule has 0 N–H and O–H groups in total. The van der Waals surface area contributed by atoms with Crippen molar-refractivity contribution in [3.63, 3.8) is 0 Å². The van der Waals surface area contributed by atoms with Crippen LogP contribution in [0.2, 0.25) is 0 Å². The average molecular weight is 440 g/mol. The van der Waals surface area contributed by atoms with Gasteiger partial charge in [-0.05, 0) is 69.4 Å². The minimum atomic E-state index is -0.488. The molecule has 0 saturated carbocycles. The molecule has 1 amide bonds. The summed E-state index contributed by atoms with van der Waals surface area (Å²) in [6.07, 6.45) is 1.45. The van der Waals surface area contributed by atoms with Crippen LogP contribution in [0.5, 0.6) is 6.01 Å². The number of imidazole rings is 1. The Bertz CT molecular complexity index is 1080. The maximum Gasteiger partial charge on any atom is 0.410 e. The van der Waals surface area contributed by atoms with Gasteiger partial charge in [0.15, 0.2) is 0 Å². The van der Waals surface area contributed by atoms with E-state index in [1.54, 1.807) is 11.0 Å². The Hall–Kier alpha value is -3.09. The number of rotatable bonds is 5. The van der Waals surface area contributed by atoms with Gasteiger partial charge in [0, 0.05) is 13.1 Å². The van der Waals surface area contributed by atoms with Crippen molar-refractivity contribution in [2.45, 2.75) is 45.8 Å². The summed E-state index contributed by atoms with van der Waals surface area (Å²) in [7, 11) is 0. The first-order valence-electron chi connectivity index (χ1n) is 11.1. The molecule has 1 saturated heterocycles. The maximum absolute atomic E-state index is 13.7. The highest BCUT2D eigenvalue weighted by molar-refractivity contribution is 5.76. The first-order chi connectivity index (χ1) is 15.3. The first kappa shape index (κ1) is 22.1. The van der Waals surface area contributed by atoms with Crippen LogP contribution in [-0.2, 0) is 11.3 Å². The molecule has 2 aromatic carbocycles. The van der Waals surface area contributed by atoms with E-state index in [1.165, 1.54) is 12.1 Å². The van der Waals surface area contributed by atoms with Gasteiger partial charge >= 0.3 is 6.09 Å². The zero-order chi connectivity index (χ0) is 22.7. The molecule has 0 unspecified atom stereocenters. The molecule has 0 aliphatic carbocycles. The second-order valence-electron chi connectivity index (χ2n) is 9.32. The van der Waals surface area contributed by atoms with Gasteiger partial charge in [-0.2, -0.15) is 4.98 Å². The predicted molar refractivity (Wildman–Crippen MR) is 121 cm³/mol. The lowest BCUT2D eigenvalue weighted by Gasteiger charge is -2.33. The van der Waals surface area contributed by atoms with E-state index >= 15 is 0 Å². The van der Waals surface area contributed by atoms with E-state index in [2.05, 4.69) is 4.98 Å². The Morgan fingerprint density at radius 2 is 1.88 bits per heavy atom. The summed E-state index contributed by atoms with van der Waals surface area (Å²) < 4.78 is 27.3. The van der Waals surface area contributed by atoms with Crippen molar-refractivity contribution in [1.82, 2.24) is 14.5 Å². The molecule has 0 spiro atoms. The van der Waals surface area contributed by atoms with Crippen LogP contribution >= 0.6 is 0 Å². The van der Waals surface area contributed by atoms with Crippen molar-refractivity contribution in [2.24, 2.45) is 5.92 Å². The van der Waals surface area contributed by atoms with E-state index in [4.69, 9.17) is 9.47 Å². The van der Waals surface area contributed by atoms with E-state index in [0.29, 0.717) is 38.2 Å². The number of hydrogen-bond acceptors (Lipinski definition) is 4. The molecule has 0 radical (unpaired) electrons. The van der Waals surface area contributed by atoms with Gasteiger partial charge in [0.2, 0.25) is 0 Å². The number of halogens is 1. The lowest BCUT2D eigenvalue weighted by atomic mass is 9.98.